The van der Waals surface area contributed by atoms with E-state index in [9.17, 15) is 24.6 Å². The second-order valence-corrected chi connectivity index (χ2v) is 4.77. The molecule has 104 valence electrons. The molecule has 1 amide bonds. The SMILES string of the molecule is N#CC1(C(=O)Nc2cc(F)ccc2[N+](=O)[O-])CCCC1. The Bertz CT molecular complexity index is 603. The summed E-state index contributed by atoms with van der Waals surface area (Å²) < 4.78 is 13.2. The van der Waals surface area contributed by atoms with Gasteiger partial charge >= 0.3 is 0 Å². The van der Waals surface area contributed by atoms with Crippen molar-refractivity contribution in [3.8, 4) is 6.07 Å². The van der Waals surface area contributed by atoms with Crippen LogP contribution in [0.5, 0.6) is 0 Å². The third-order valence-electron chi connectivity index (χ3n) is 3.51. The van der Waals surface area contributed by atoms with Gasteiger partial charge in [0, 0.05) is 12.1 Å². The van der Waals surface area contributed by atoms with Crippen molar-refractivity contribution >= 4 is 17.3 Å². The molecule has 0 unspecified atom stereocenters. The molecule has 0 spiro atoms. The first kappa shape index (κ1) is 13.9. The number of benzene rings is 1. The van der Waals surface area contributed by atoms with Crippen molar-refractivity contribution in [2.75, 3.05) is 5.32 Å². The Balaban J connectivity index is 2.30. The Kier molecular flexibility index (Phi) is 3.66. The van der Waals surface area contributed by atoms with E-state index in [1.54, 1.807) is 0 Å². The number of carbonyl (C=O) groups is 1. The fourth-order valence-electron chi connectivity index (χ4n) is 2.38. The monoisotopic (exact) mass is 277 g/mol. The smallest absolute Gasteiger partial charge is 0.292 e. The Morgan fingerprint density at radius 2 is 2.10 bits per heavy atom. The van der Waals surface area contributed by atoms with E-state index in [1.165, 1.54) is 0 Å². The van der Waals surface area contributed by atoms with Gasteiger partial charge in [0.25, 0.3) is 5.69 Å². The molecule has 1 N–H and O–H groups in total. The summed E-state index contributed by atoms with van der Waals surface area (Å²) in [5, 5.41) is 22.4. The predicted molar refractivity (Wildman–Crippen MR) is 68.2 cm³/mol. The number of nitro groups is 1. The van der Waals surface area contributed by atoms with E-state index in [0.717, 1.165) is 31.0 Å². The summed E-state index contributed by atoms with van der Waals surface area (Å²) >= 11 is 0. The van der Waals surface area contributed by atoms with Crippen LogP contribution in [0.1, 0.15) is 25.7 Å². The third-order valence-corrected chi connectivity index (χ3v) is 3.51. The zero-order valence-corrected chi connectivity index (χ0v) is 10.6. The number of anilines is 1. The largest absolute Gasteiger partial charge is 0.319 e. The highest BCUT2D eigenvalue weighted by Crippen LogP contribution is 2.39. The number of nitrogens with zero attached hydrogens (tertiary/aromatic N) is 2. The highest BCUT2D eigenvalue weighted by atomic mass is 19.1. The molecule has 1 aromatic rings. The van der Waals surface area contributed by atoms with Crippen LogP contribution in [0.4, 0.5) is 15.8 Å². The highest BCUT2D eigenvalue weighted by molar-refractivity contribution is 5.99. The number of amides is 1. The quantitative estimate of drug-likeness (QED) is 0.678. The summed E-state index contributed by atoms with van der Waals surface area (Å²) in [5.74, 6) is -1.30. The molecular formula is C13H12FN3O3. The molecule has 1 saturated carbocycles. The van der Waals surface area contributed by atoms with Gasteiger partial charge in [-0.1, -0.05) is 12.8 Å². The van der Waals surface area contributed by atoms with E-state index in [2.05, 4.69) is 5.32 Å². The lowest BCUT2D eigenvalue weighted by atomic mass is 9.87. The van der Waals surface area contributed by atoms with E-state index in [1.807, 2.05) is 6.07 Å². The molecule has 0 aliphatic heterocycles. The zero-order chi connectivity index (χ0) is 14.8. The van der Waals surface area contributed by atoms with Crippen molar-refractivity contribution < 1.29 is 14.1 Å². The van der Waals surface area contributed by atoms with Gasteiger partial charge in [-0.15, -0.1) is 0 Å². The fraction of sp³-hybridized carbons (Fsp3) is 0.385. The van der Waals surface area contributed by atoms with Gasteiger partial charge in [0.15, 0.2) is 0 Å². The fourth-order valence-corrected chi connectivity index (χ4v) is 2.38. The molecule has 0 atom stereocenters. The van der Waals surface area contributed by atoms with Crippen molar-refractivity contribution in [2.45, 2.75) is 25.7 Å². The Morgan fingerprint density at radius 1 is 1.45 bits per heavy atom. The van der Waals surface area contributed by atoms with Crippen LogP contribution in [0.2, 0.25) is 0 Å². The molecule has 0 heterocycles. The standard InChI is InChI=1S/C13H12FN3O3/c14-9-3-4-11(17(19)20)10(7-9)16-12(18)13(8-15)5-1-2-6-13/h3-4,7H,1-2,5-6H2,(H,16,18). The van der Waals surface area contributed by atoms with Gasteiger partial charge in [-0.3, -0.25) is 14.9 Å². The molecular weight excluding hydrogens is 265 g/mol. The average molecular weight is 277 g/mol. The maximum Gasteiger partial charge on any atom is 0.292 e. The number of hydrogen-bond acceptors (Lipinski definition) is 4. The minimum Gasteiger partial charge on any atom is -0.319 e. The van der Waals surface area contributed by atoms with Crippen LogP contribution in [-0.4, -0.2) is 10.8 Å². The number of nitriles is 1. The van der Waals surface area contributed by atoms with Crippen LogP contribution in [0.15, 0.2) is 18.2 Å². The van der Waals surface area contributed by atoms with Gasteiger partial charge in [0.1, 0.15) is 16.9 Å². The van der Waals surface area contributed by atoms with Crippen LogP contribution >= 0.6 is 0 Å². The molecule has 1 aliphatic carbocycles. The normalized spacial score (nSPS) is 16.4. The maximum absolute atomic E-state index is 13.2. The number of nitro benzene ring substituents is 1. The molecule has 1 fully saturated rings. The van der Waals surface area contributed by atoms with Crippen molar-refractivity contribution in [1.29, 1.82) is 5.26 Å². The van der Waals surface area contributed by atoms with Crippen LogP contribution in [0.3, 0.4) is 0 Å². The van der Waals surface area contributed by atoms with E-state index >= 15 is 0 Å². The van der Waals surface area contributed by atoms with Gasteiger partial charge in [-0.05, 0) is 18.9 Å². The van der Waals surface area contributed by atoms with Crippen molar-refractivity contribution in [1.82, 2.24) is 0 Å². The molecule has 0 radical (unpaired) electrons. The van der Waals surface area contributed by atoms with Crippen LogP contribution in [0.25, 0.3) is 0 Å². The summed E-state index contributed by atoms with van der Waals surface area (Å²) in [6.45, 7) is 0. The maximum atomic E-state index is 13.2. The molecule has 6 nitrogen and oxygen atoms in total. The summed E-state index contributed by atoms with van der Waals surface area (Å²) in [4.78, 5) is 22.3. The molecule has 0 saturated heterocycles. The number of carbonyl (C=O) groups excluding carboxylic acids is 1. The summed E-state index contributed by atoms with van der Waals surface area (Å²) in [7, 11) is 0. The topological polar surface area (TPSA) is 96.0 Å². The third kappa shape index (κ3) is 2.45. The molecule has 1 aliphatic rings. The van der Waals surface area contributed by atoms with Gasteiger partial charge in [0.2, 0.25) is 5.91 Å². The van der Waals surface area contributed by atoms with Crippen molar-refractivity contribution in [3.05, 3.63) is 34.1 Å². The summed E-state index contributed by atoms with van der Waals surface area (Å²) in [6, 6.07) is 4.80. The van der Waals surface area contributed by atoms with E-state index in [-0.39, 0.29) is 5.69 Å². The van der Waals surface area contributed by atoms with Gasteiger partial charge in [-0.25, -0.2) is 4.39 Å². The second kappa shape index (κ2) is 5.25. The van der Waals surface area contributed by atoms with Gasteiger partial charge < -0.3 is 5.32 Å². The molecule has 2 rings (SSSR count). The zero-order valence-electron chi connectivity index (χ0n) is 10.6. The van der Waals surface area contributed by atoms with Crippen molar-refractivity contribution in [3.63, 3.8) is 0 Å². The molecule has 7 heteroatoms. The van der Waals surface area contributed by atoms with Crippen molar-refractivity contribution in [2.24, 2.45) is 5.41 Å². The second-order valence-electron chi connectivity index (χ2n) is 4.77. The Morgan fingerprint density at radius 3 is 2.65 bits per heavy atom. The minimum absolute atomic E-state index is 0.221. The Labute approximate surface area is 114 Å². The minimum atomic E-state index is -1.17. The van der Waals surface area contributed by atoms with Gasteiger partial charge in [0.05, 0.1) is 11.0 Å². The first-order chi connectivity index (χ1) is 9.48. The van der Waals surface area contributed by atoms with E-state index in [4.69, 9.17) is 0 Å². The number of nitrogens with one attached hydrogen (secondary N) is 1. The van der Waals surface area contributed by atoms with Crippen LogP contribution < -0.4 is 5.32 Å². The lowest BCUT2D eigenvalue weighted by Gasteiger charge is -2.19. The predicted octanol–water partition coefficient (Wildman–Crippen LogP) is 2.76. The highest BCUT2D eigenvalue weighted by Gasteiger charge is 2.42. The first-order valence-corrected chi connectivity index (χ1v) is 6.15. The summed E-state index contributed by atoms with van der Waals surface area (Å²) in [5.41, 5.74) is -1.78. The number of halogens is 1. The lowest BCUT2D eigenvalue weighted by Crippen LogP contribution is -2.32. The molecule has 0 aromatic heterocycles. The summed E-state index contributed by atoms with van der Waals surface area (Å²) in [6.07, 6.45) is 2.34. The first-order valence-electron chi connectivity index (χ1n) is 6.15. The van der Waals surface area contributed by atoms with Crippen LogP contribution in [-0.2, 0) is 4.79 Å². The molecule has 1 aromatic carbocycles. The molecule has 0 bridgehead atoms. The molecule has 20 heavy (non-hydrogen) atoms. The van der Waals surface area contributed by atoms with Crippen LogP contribution in [0, 0.1) is 32.7 Å². The van der Waals surface area contributed by atoms with E-state index in [0.29, 0.717) is 12.8 Å². The average Bonchev–Trinajstić information content (AvgIpc) is 2.88. The lowest BCUT2D eigenvalue weighted by molar-refractivity contribution is -0.384. The van der Waals surface area contributed by atoms with Gasteiger partial charge in [-0.2, -0.15) is 5.26 Å². The Hall–Kier alpha value is -2.49. The number of hydrogen-bond donors (Lipinski definition) is 1. The number of rotatable bonds is 3. The van der Waals surface area contributed by atoms with E-state index < -0.39 is 27.8 Å².